The number of rotatable bonds is 4. The molecule has 2 saturated heterocycles. The molecule has 1 unspecified atom stereocenters. The van der Waals surface area contributed by atoms with Crippen LogP contribution in [0.4, 0.5) is 0 Å². The number of carboxylic acid groups (broad SMARTS) is 1. The lowest BCUT2D eigenvalue weighted by Crippen LogP contribution is -2.63. The fraction of sp³-hybridized carbons (Fsp3) is 0.667. The van der Waals surface area contributed by atoms with E-state index >= 15 is 0 Å². The molecule has 0 aromatic carbocycles. The molecule has 3 atom stereocenters. The summed E-state index contributed by atoms with van der Waals surface area (Å²) in [5.74, 6) is -2.03. The van der Waals surface area contributed by atoms with Crippen molar-refractivity contribution in [3.63, 3.8) is 0 Å². The SMILES string of the molecule is CCn1cc[n+](C[C@@]2(C)[C@H](C(=O)[O-])N3C(=O)CC3S2(=O)=O)n1. The summed E-state index contributed by atoms with van der Waals surface area (Å²) in [5, 5.41) is 14.6. The number of amides is 1. The number of carbonyl (C=O) groups excluding carboxylic acids is 2. The number of fused-ring (bicyclic) bond motifs is 1. The Morgan fingerprint density at radius 2 is 2.27 bits per heavy atom. The molecule has 0 N–H and O–H groups in total. The Labute approximate surface area is 127 Å². The average Bonchev–Trinajstić information content (AvgIpc) is 2.92. The molecule has 10 heteroatoms. The summed E-state index contributed by atoms with van der Waals surface area (Å²) >= 11 is 0. The number of hydrogen-bond donors (Lipinski definition) is 0. The molecule has 120 valence electrons. The van der Waals surface area contributed by atoms with Gasteiger partial charge in [-0.2, -0.15) is 0 Å². The van der Waals surface area contributed by atoms with E-state index in [9.17, 15) is 23.1 Å². The lowest BCUT2D eigenvalue weighted by Gasteiger charge is -2.38. The van der Waals surface area contributed by atoms with Crippen LogP contribution in [0.1, 0.15) is 20.3 Å². The third-order valence-electron chi connectivity index (χ3n) is 4.48. The monoisotopic (exact) mass is 328 g/mol. The van der Waals surface area contributed by atoms with Crippen LogP contribution in [-0.4, -0.2) is 51.3 Å². The summed E-state index contributed by atoms with van der Waals surface area (Å²) in [7, 11) is -3.84. The van der Waals surface area contributed by atoms with Gasteiger partial charge in [-0.05, 0) is 13.8 Å². The van der Waals surface area contributed by atoms with Crippen molar-refractivity contribution < 1.29 is 27.8 Å². The molecule has 9 nitrogen and oxygen atoms in total. The van der Waals surface area contributed by atoms with Gasteiger partial charge in [0.25, 0.3) is 0 Å². The molecule has 0 bridgehead atoms. The fourth-order valence-corrected chi connectivity index (χ4v) is 5.56. The summed E-state index contributed by atoms with van der Waals surface area (Å²) in [5.41, 5.74) is 0. The summed E-state index contributed by atoms with van der Waals surface area (Å²) in [6.45, 7) is 3.67. The van der Waals surface area contributed by atoms with E-state index in [2.05, 4.69) is 5.21 Å². The van der Waals surface area contributed by atoms with Crippen molar-refractivity contribution in [2.45, 2.75) is 49.5 Å². The summed E-state index contributed by atoms with van der Waals surface area (Å²) in [6.07, 6.45) is 3.07. The second kappa shape index (κ2) is 4.51. The zero-order valence-corrected chi connectivity index (χ0v) is 13.0. The summed E-state index contributed by atoms with van der Waals surface area (Å²) in [6, 6.07) is -1.50. The number of carboxylic acids is 1. The Kier molecular flexibility index (Phi) is 3.06. The molecular formula is C12H16N4O5S. The van der Waals surface area contributed by atoms with Crippen molar-refractivity contribution >= 4 is 21.7 Å². The van der Waals surface area contributed by atoms with E-state index < -0.39 is 37.9 Å². The van der Waals surface area contributed by atoms with Gasteiger partial charge in [0.15, 0.2) is 22.2 Å². The van der Waals surface area contributed by atoms with Crippen molar-refractivity contribution in [1.29, 1.82) is 0 Å². The molecule has 22 heavy (non-hydrogen) atoms. The average molecular weight is 328 g/mol. The Hall–Kier alpha value is -1.97. The number of carbonyl (C=O) groups is 2. The third-order valence-corrected chi connectivity index (χ3v) is 7.24. The molecule has 0 spiro atoms. The second-order valence-corrected chi connectivity index (χ2v) is 8.35. The highest BCUT2D eigenvalue weighted by Gasteiger charge is 2.68. The Morgan fingerprint density at radius 1 is 1.59 bits per heavy atom. The quantitative estimate of drug-likeness (QED) is 0.431. The number of aromatic nitrogens is 3. The van der Waals surface area contributed by atoms with Crippen molar-refractivity contribution in [3.05, 3.63) is 12.4 Å². The summed E-state index contributed by atoms with van der Waals surface area (Å²) in [4.78, 5) is 24.1. The van der Waals surface area contributed by atoms with E-state index in [1.54, 1.807) is 17.1 Å². The van der Waals surface area contributed by atoms with Gasteiger partial charge >= 0.3 is 0 Å². The van der Waals surface area contributed by atoms with Crippen molar-refractivity contribution in [2.75, 3.05) is 0 Å². The van der Waals surface area contributed by atoms with E-state index in [1.165, 1.54) is 11.6 Å². The van der Waals surface area contributed by atoms with Gasteiger partial charge in [-0.15, -0.1) is 9.36 Å². The maximum Gasteiger partial charge on any atom is 0.227 e. The van der Waals surface area contributed by atoms with E-state index in [0.717, 1.165) is 4.90 Å². The molecule has 0 saturated carbocycles. The Morgan fingerprint density at radius 3 is 2.77 bits per heavy atom. The van der Waals surface area contributed by atoms with Crippen LogP contribution >= 0.6 is 0 Å². The fourth-order valence-electron chi connectivity index (χ4n) is 3.21. The first-order valence-corrected chi connectivity index (χ1v) is 8.45. The highest BCUT2D eigenvalue weighted by Crippen LogP contribution is 2.45. The van der Waals surface area contributed by atoms with E-state index in [4.69, 9.17) is 0 Å². The van der Waals surface area contributed by atoms with Gasteiger partial charge in [0.1, 0.15) is 23.2 Å². The number of hydrogen-bond acceptors (Lipinski definition) is 6. The van der Waals surface area contributed by atoms with Gasteiger partial charge in [0.05, 0.1) is 23.6 Å². The first-order valence-electron chi connectivity index (χ1n) is 6.91. The normalized spacial score (nSPS) is 32.6. The molecule has 1 aromatic rings. The highest BCUT2D eigenvalue weighted by atomic mass is 32.2. The maximum atomic E-state index is 12.7. The standard InChI is InChI=1S/C12H16N4O5S/c1-3-14-4-5-15(13-14)7-12(2)10(11(18)19)16-8(17)6-9(16)22(12,20)21/h4-5,9-10H,3,6-7H2,1-2H3/t9?,10-,12-/m0/s1. The summed E-state index contributed by atoms with van der Waals surface area (Å²) < 4.78 is 26.7. The molecule has 2 aliphatic heterocycles. The number of β-lactam (4-membered cyclic amide) rings is 1. The number of aryl methyl sites for hydroxylation is 1. The van der Waals surface area contributed by atoms with E-state index in [1.807, 2.05) is 6.92 Å². The zero-order chi connectivity index (χ0) is 16.3. The smallest absolute Gasteiger partial charge is 0.227 e. The van der Waals surface area contributed by atoms with Gasteiger partial charge in [-0.25, -0.2) is 8.42 Å². The lowest BCUT2D eigenvalue weighted by atomic mass is 9.96. The minimum atomic E-state index is -3.84. The minimum absolute atomic E-state index is 0.152. The van der Waals surface area contributed by atoms with Crippen molar-refractivity contribution in [2.24, 2.45) is 0 Å². The van der Waals surface area contributed by atoms with Crippen LogP contribution < -0.4 is 9.79 Å². The maximum absolute atomic E-state index is 12.7. The van der Waals surface area contributed by atoms with Crippen LogP contribution in [0.2, 0.25) is 0 Å². The van der Waals surface area contributed by atoms with Gasteiger partial charge in [0, 0.05) is 0 Å². The van der Waals surface area contributed by atoms with Crippen molar-refractivity contribution in [1.82, 2.24) is 14.8 Å². The molecule has 1 aromatic heterocycles. The molecule has 2 aliphatic rings. The van der Waals surface area contributed by atoms with Crippen LogP contribution in [0.3, 0.4) is 0 Å². The topological polar surface area (TPSA) is 116 Å². The highest BCUT2D eigenvalue weighted by molar-refractivity contribution is 7.93. The Balaban J connectivity index is 2.04. The molecule has 3 heterocycles. The van der Waals surface area contributed by atoms with Crippen LogP contribution in [0, 0.1) is 0 Å². The predicted octanol–water partition coefficient (Wildman–Crippen LogP) is -2.95. The minimum Gasteiger partial charge on any atom is -0.548 e. The third kappa shape index (κ3) is 1.73. The number of sulfone groups is 1. The lowest BCUT2D eigenvalue weighted by molar-refractivity contribution is -0.758. The largest absolute Gasteiger partial charge is 0.548 e. The first kappa shape index (κ1) is 14.9. The Bertz CT molecular complexity index is 757. The van der Waals surface area contributed by atoms with E-state index in [-0.39, 0.29) is 13.0 Å². The van der Waals surface area contributed by atoms with Gasteiger partial charge in [-0.1, -0.05) is 0 Å². The predicted molar refractivity (Wildman–Crippen MR) is 69.5 cm³/mol. The molecule has 0 aliphatic carbocycles. The van der Waals surface area contributed by atoms with E-state index in [0.29, 0.717) is 6.54 Å². The molecular weight excluding hydrogens is 312 g/mol. The van der Waals surface area contributed by atoms with Crippen molar-refractivity contribution in [3.8, 4) is 0 Å². The van der Waals surface area contributed by atoms with Gasteiger partial charge in [0.2, 0.25) is 5.91 Å². The second-order valence-electron chi connectivity index (χ2n) is 5.78. The number of aliphatic carboxylic acids is 1. The first-order chi connectivity index (χ1) is 10.2. The number of nitrogens with zero attached hydrogens (tertiary/aromatic N) is 4. The molecule has 3 rings (SSSR count). The van der Waals surface area contributed by atoms with Gasteiger partial charge in [-0.3, -0.25) is 4.79 Å². The van der Waals surface area contributed by atoms with Crippen LogP contribution in [0.15, 0.2) is 12.4 Å². The molecule has 2 fully saturated rings. The van der Waals surface area contributed by atoms with Crippen LogP contribution in [0.5, 0.6) is 0 Å². The molecule has 0 radical (unpaired) electrons. The van der Waals surface area contributed by atoms with Crippen LogP contribution in [0.25, 0.3) is 0 Å². The zero-order valence-electron chi connectivity index (χ0n) is 12.2. The van der Waals surface area contributed by atoms with Crippen LogP contribution in [-0.2, 0) is 32.5 Å². The van der Waals surface area contributed by atoms with Gasteiger partial charge < -0.3 is 14.8 Å². The molecule has 1 amide bonds.